The molecule has 8 nitrogen and oxygen atoms in total. The molecule has 192 valence electrons. The van der Waals surface area contributed by atoms with Crippen molar-refractivity contribution in [3.05, 3.63) is 70.8 Å². The third-order valence-electron chi connectivity index (χ3n) is 7.50. The van der Waals surface area contributed by atoms with Crippen molar-refractivity contribution in [2.24, 2.45) is 0 Å². The van der Waals surface area contributed by atoms with E-state index in [1.807, 2.05) is 44.2 Å². The molecule has 4 rings (SSSR count). The summed E-state index contributed by atoms with van der Waals surface area (Å²) in [6, 6.07) is 13.9. The first kappa shape index (κ1) is 25.9. The van der Waals surface area contributed by atoms with Crippen LogP contribution in [0, 0.1) is 5.41 Å². The summed E-state index contributed by atoms with van der Waals surface area (Å²) in [5.41, 5.74) is 1.57. The van der Waals surface area contributed by atoms with Crippen LogP contribution >= 0.6 is 0 Å². The Bertz CT molecular complexity index is 1140. The van der Waals surface area contributed by atoms with Crippen molar-refractivity contribution >= 4 is 17.8 Å². The van der Waals surface area contributed by atoms with Gasteiger partial charge in [-0.15, -0.1) is 0 Å². The van der Waals surface area contributed by atoms with Crippen molar-refractivity contribution in [2.45, 2.75) is 69.7 Å². The Morgan fingerprint density at radius 3 is 2.69 bits per heavy atom. The fourth-order valence-electron chi connectivity index (χ4n) is 5.29. The molecule has 1 saturated heterocycles. The Hall–Kier alpha value is -3.23. The van der Waals surface area contributed by atoms with E-state index < -0.39 is 23.2 Å². The smallest absolute Gasteiger partial charge is 0.251 e. The normalized spacial score (nSPS) is 26.4. The molecule has 8 heteroatoms. The first-order valence-electron chi connectivity index (χ1n) is 12.5. The lowest BCUT2D eigenvalue weighted by Crippen LogP contribution is -2.61. The lowest BCUT2D eigenvalue weighted by atomic mass is 9.90. The molecule has 4 atom stereocenters. The second-order valence-electron chi connectivity index (χ2n) is 10.4. The number of methoxy groups -OCH3 is 1. The average molecular weight is 493 g/mol. The number of carbonyl (C=O) groups is 2. The van der Waals surface area contributed by atoms with Gasteiger partial charge in [-0.25, -0.2) is 0 Å². The summed E-state index contributed by atoms with van der Waals surface area (Å²) >= 11 is 0. The van der Waals surface area contributed by atoms with Gasteiger partial charge in [-0.1, -0.05) is 43.3 Å². The van der Waals surface area contributed by atoms with E-state index in [1.54, 1.807) is 32.2 Å². The topological polar surface area (TPSA) is 115 Å². The summed E-state index contributed by atoms with van der Waals surface area (Å²) in [6.45, 7) is 6.07. The summed E-state index contributed by atoms with van der Waals surface area (Å²) < 4.78 is 5.30. The molecule has 1 fully saturated rings. The van der Waals surface area contributed by atoms with Crippen molar-refractivity contribution < 1.29 is 19.4 Å². The van der Waals surface area contributed by atoms with Crippen LogP contribution in [0.2, 0.25) is 0 Å². The Morgan fingerprint density at radius 2 is 2.00 bits per heavy atom. The zero-order valence-electron chi connectivity index (χ0n) is 21.4. The van der Waals surface area contributed by atoms with Crippen LogP contribution in [0.25, 0.3) is 0 Å². The zero-order chi connectivity index (χ0) is 26.1. The molecule has 0 radical (unpaired) electrons. The van der Waals surface area contributed by atoms with E-state index in [2.05, 4.69) is 10.6 Å². The highest BCUT2D eigenvalue weighted by molar-refractivity contribution is 6.00. The SMILES string of the molecule is CCC1(C)CC(=O)N(C(CCOC)c2cccc(C(=O)NC3c4ccccc4CC3(C)O)c2)C(=N)N1. The van der Waals surface area contributed by atoms with E-state index in [1.165, 1.54) is 4.90 Å². The molecule has 2 aromatic carbocycles. The van der Waals surface area contributed by atoms with Gasteiger partial charge in [-0.05, 0) is 55.5 Å². The van der Waals surface area contributed by atoms with Gasteiger partial charge in [0.2, 0.25) is 5.91 Å². The van der Waals surface area contributed by atoms with Crippen molar-refractivity contribution in [2.75, 3.05) is 13.7 Å². The number of guanidine groups is 1. The summed E-state index contributed by atoms with van der Waals surface area (Å²) in [6.07, 6.45) is 1.95. The van der Waals surface area contributed by atoms with E-state index in [4.69, 9.17) is 10.1 Å². The highest BCUT2D eigenvalue weighted by Gasteiger charge is 2.42. The Kier molecular flexibility index (Phi) is 7.20. The molecular formula is C28H36N4O4. The van der Waals surface area contributed by atoms with Gasteiger partial charge in [-0.3, -0.25) is 19.9 Å². The van der Waals surface area contributed by atoms with Crippen molar-refractivity contribution in [3.8, 4) is 0 Å². The van der Waals surface area contributed by atoms with Gasteiger partial charge in [0, 0.05) is 31.2 Å². The molecule has 0 saturated carbocycles. The van der Waals surface area contributed by atoms with Gasteiger partial charge in [0.15, 0.2) is 5.96 Å². The van der Waals surface area contributed by atoms with Crippen LogP contribution < -0.4 is 10.6 Å². The number of nitrogens with one attached hydrogen (secondary N) is 3. The van der Waals surface area contributed by atoms with Crippen LogP contribution in [-0.4, -0.2) is 52.6 Å². The molecule has 0 bridgehead atoms. The predicted molar refractivity (Wildman–Crippen MR) is 138 cm³/mol. The van der Waals surface area contributed by atoms with Gasteiger partial charge in [0.25, 0.3) is 5.91 Å². The maximum Gasteiger partial charge on any atom is 0.251 e. The van der Waals surface area contributed by atoms with Crippen LogP contribution in [0.3, 0.4) is 0 Å². The number of aliphatic hydroxyl groups is 1. The fourth-order valence-corrected chi connectivity index (χ4v) is 5.29. The lowest BCUT2D eigenvalue weighted by molar-refractivity contribution is -0.132. The molecule has 1 aliphatic carbocycles. The highest BCUT2D eigenvalue weighted by Crippen LogP contribution is 2.39. The maximum atomic E-state index is 13.3. The molecule has 0 aromatic heterocycles. The zero-order valence-corrected chi connectivity index (χ0v) is 21.4. The Labute approximate surface area is 212 Å². The predicted octanol–water partition coefficient (Wildman–Crippen LogP) is 3.47. The van der Waals surface area contributed by atoms with Gasteiger partial charge in [0.1, 0.15) is 0 Å². The van der Waals surface area contributed by atoms with Gasteiger partial charge >= 0.3 is 0 Å². The molecule has 2 amide bonds. The number of benzene rings is 2. The van der Waals surface area contributed by atoms with Crippen LogP contribution in [0.4, 0.5) is 0 Å². The van der Waals surface area contributed by atoms with Crippen molar-refractivity contribution in [3.63, 3.8) is 0 Å². The lowest BCUT2D eigenvalue weighted by Gasteiger charge is -2.43. The number of ether oxygens (including phenoxy) is 1. The van der Waals surface area contributed by atoms with Crippen molar-refractivity contribution in [1.82, 2.24) is 15.5 Å². The van der Waals surface area contributed by atoms with Crippen LogP contribution in [0.1, 0.15) is 79.2 Å². The van der Waals surface area contributed by atoms with Crippen molar-refractivity contribution in [1.29, 1.82) is 5.41 Å². The standard InChI is InChI=1S/C28H36N4O4/c1-5-27(2)17-23(33)32(26(29)31-27)22(13-14-36-4)18-10-8-11-19(15-18)25(34)30-24-21-12-7-6-9-20(21)16-28(24,3)35/h6-12,15,22,24,35H,5,13-14,16-17H2,1-4H3,(H2,29,31)(H,30,34). The third-order valence-corrected chi connectivity index (χ3v) is 7.50. The summed E-state index contributed by atoms with van der Waals surface area (Å²) in [4.78, 5) is 28.0. The molecule has 4 N–H and O–H groups in total. The number of amides is 2. The number of rotatable bonds is 8. The van der Waals surface area contributed by atoms with E-state index in [0.717, 1.165) is 23.1 Å². The third kappa shape index (κ3) is 5.01. The number of carbonyl (C=O) groups excluding carboxylic acids is 2. The first-order valence-corrected chi connectivity index (χ1v) is 12.5. The molecular weight excluding hydrogens is 456 g/mol. The fraction of sp³-hybridized carbons (Fsp3) is 0.464. The number of hydrogen-bond donors (Lipinski definition) is 4. The number of nitrogens with zero attached hydrogens (tertiary/aromatic N) is 1. The molecule has 2 aromatic rings. The van der Waals surface area contributed by atoms with E-state index in [0.29, 0.717) is 25.0 Å². The summed E-state index contributed by atoms with van der Waals surface area (Å²) in [5.74, 6) is -0.371. The van der Waals surface area contributed by atoms with Crippen LogP contribution in [0.5, 0.6) is 0 Å². The van der Waals surface area contributed by atoms with E-state index in [-0.39, 0.29) is 24.2 Å². The van der Waals surface area contributed by atoms with E-state index >= 15 is 0 Å². The molecule has 36 heavy (non-hydrogen) atoms. The molecule has 0 spiro atoms. The van der Waals surface area contributed by atoms with Gasteiger partial charge in [0.05, 0.1) is 24.1 Å². The van der Waals surface area contributed by atoms with Gasteiger partial charge < -0.3 is 20.5 Å². The molecule has 4 unspecified atom stereocenters. The molecule has 1 heterocycles. The minimum atomic E-state index is -1.09. The van der Waals surface area contributed by atoms with Crippen LogP contribution in [-0.2, 0) is 16.0 Å². The average Bonchev–Trinajstić information content (AvgIpc) is 3.10. The monoisotopic (exact) mass is 492 g/mol. The van der Waals surface area contributed by atoms with E-state index in [9.17, 15) is 14.7 Å². The van der Waals surface area contributed by atoms with Gasteiger partial charge in [-0.2, -0.15) is 0 Å². The maximum absolute atomic E-state index is 13.3. The Morgan fingerprint density at radius 1 is 1.25 bits per heavy atom. The number of hydrogen-bond acceptors (Lipinski definition) is 5. The largest absolute Gasteiger partial charge is 0.387 e. The second kappa shape index (κ2) is 10.0. The number of fused-ring (bicyclic) bond motifs is 1. The Balaban J connectivity index is 1.60. The minimum Gasteiger partial charge on any atom is -0.387 e. The highest BCUT2D eigenvalue weighted by atomic mass is 16.5. The minimum absolute atomic E-state index is 0.0603. The second-order valence-corrected chi connectivity index (χ2v) is 10.4. The first-order chi connectivity index (χ1) is 17.1. The summed E-state index contributed by atoms with van der Waals surface area (Å²) in [5, 5.41) is 25.8. The molecule has 1 aliphatic heterocycles. The van der Waals surface area contributed by atoms with Crippen LogP contribution in [0.15, 0.2) is 48.5 Å². The summed E-state index contributed by atoms with van der Waals surface area (Å²) in [7, 11) is 1.60. The quantitative estimate of drug-likeness (QED) is 0.451. The molecule has 2 aliphatic rings.